The minimum absolute atomic E-state index is 0.237. The highest BCUT2D eigenvalue weighted by Crippen LogP contribution is 2.38. The van der Waals surface area contributed by atoms with Gasteiger partial charge in [-0.2, -0.15) is 13.2 Å². The highest BCUT2D eigenvalue weighted by Gasteiger charge is 2.45. The van der Waals surface area contributed by atoms with E-state index in [-0.39, 0.29) is 12.1 Å². The van der Waals surface area contributed by atoms with E-state index in [1.54, 1.807) is 0 Å². The Labute approximate surface area is 108 Å². The van der Waals surface area contributed by atoms with Gasteiger partial charge in [-0.25, -0.2) is 0 Å². The van der Waals surface area contributed by atoms with E-state index >= 15 is 0 Å². The molecule has 2 aliphatic rings. The zero-order valence-electron chi connectivity index (χ0n) is 11.1. The fourth-order valence-electron chi connectivity index (χ4n) is 3.65. The summed E-state index contributed by atoms with van der Waals surface area (Å²) >= 11 is 0. The summed E-state index contributed by atoms with van der Waals surface area (Å²) in [4.78, 5) is 0. The molecule has 0 saturated heterocycles. The zero-order valence-corrected chi connectivity index (χ0v) is 11.1. The molecule has 3 atom stereocenters. The molecule has 2 rings (SSSR count). The Balaban J connectivity index is 1.92. The largest absolute Gasteiger partial charge is 0.393 e. The zero-order chi connectivity index (χ0) is 13.2. The third-order valence-electron chi connectivity index (χ3n) is 4.77. The first kappa shape index (κ1) is 14.2. The average Bonchev–Trinajstić information content (AvgIpc) is 2.81. The molecule has 0 aromatic heterocycles. The number of halogens is 3. The lowest BCUT2D eigenvalue weighted by molar-refractivity contribution is -0.189. The smallest absolute Gasteiger partial charge is 0.311 e. The van der Waals surface area contributed by atoms with Crippen molar-refractivity contribution >= 4 is 0 Å². The van der Waals surface area contributed by atoms with Crippen LogP contribution in [0.5, 0.6) is 0 Å². The van der Waals surface area contributed by atoms with Crippen LogP contribution in [0.4, 0.5) is 13.2 Å². The number of hydrogen-bond acceptors (Lipinski definition) is 1. The van der Waals surface area contributed by atoms with Gasteiger partial charge in [-0.3, -0.25) is 0 Å². The highest BCUT2D eigenvalue weighted by atomic mass is 19.4. The van der Waals surface area contributed by atoms with Crippen LogP contribution < -0.4 is 5.32 Å². The molecule has 0 heterocycles. The molecule has 0 amide bonds. The maximum atomic E-state index is 13.0. The Morgan fingerprint density at radius 3 is 2.11 bits per heavy atom. The quantitative estimate of drug-likeness (QED) is 0.801. The molecule has 1 N–H and O–H groups in total. The summed E-state index contributed by atoms with van der Waals surface area (Å²) in [6.07, 6.45) is 3.44. The lowest BCUT2D eigenvalue weighted by atomic mass is 9.83. The molecule has 0 aromatic rings. The molecule has 0 aromatic carbocycles. The third kappa shape index (κ3) is 3.40. The fourth-order valence-corrected chi connectivity index (χ4v) is 3.65. The van der Waals surface area contributed by atoms with Gasteiger partial charge in [0.1, 0.15) is 0 Å². The van der Waals surface area contributed by atoms with Gasteiger partial charge in [0.15, 0.2) is 0 Å². The number of rotatable bonds is 3. The fraction of sp³-hybridized carbons (Fsp3) is 1.00. The summed E-state index contributed by atoms with van der Waals surface area (Å²) in [5.41, 5.74) is 0. The normalized spacial score (nSPS) is 32.7. The summed E-state index contributed by atoms with van der Waals surface area (Å²) in [5.74, 6) is -0.545. The second-order valence-corrected chi connectivity index (χ2v) is 6.04. The molecule has 0 bridgehead atoms. The van der Waals surface area contributed by atoms with E-state index in [9.17, 15) is 13.2 Å². The molecule has 2 unspecified atom stereocenters. The van der Waals surface area contributed by atoms with Crippen molar-refractivity contribution in [1.29, 1.82) is 0 Å². The standard InChI is InChI=1S/C14H24F3N/c1-10(11-6-2-3-7-11)18-13-9-5-4-8-12(13)14(15,16)17/h10-13,18H,2-9H2,1H3/t10-,12?,13?/m0/s1. The van der Waals surface area contributed by atoms with Gasteiger partial charge in [-0.15, -0.1) is 0 Å². The van der Waals surface area contributed by atoms with Gasteiger partial charge in [0, 0.05) is 12.1 Å². The third-order valence-corrected chi connectivity index (χ3v) is 4.77. The highest BCUT2D eigenvalue weighted by molar-refractivity contribution is 4.89. The Morgan fingerprint density at radius 2 is 1.50 bits per heavy atom. The van der Waals surface area contributed by atoms with Crippen molar-refractivity contribution in [3.05, 3.63) is 0 Å². The molecule has 1 nitrogen and oxygen atoms in total. The number of hydrogen-bond donors (Lipinski definition) is 1. The van der Waals surface area contributed by atoms with Gasteiger partial charge in [0.05, 0.1) is 5.92 Å². The molecule has 2 saturated carbocycles. The molecule has 0 radical (unpaired) electrons. The monoisotopic (exact) mass is 263 g/mol. The first-order valence-electron chi connectivity index (χ1n) is 7.31. The predicted octanol–water partition coefficient (Wildman–Crippen LogP) is 4.28. The summed E-state index contributed by atoms with van der Waals surface area (Å²) in [6.45, 7) is 2.07. The van der Waals surface area contributed by atoms with Crippen LogP contribution in [0.2, 0.25) is 0 Å². The maximum Gasteiger partial charge on any atom is 0.393 e. The molecule has 2 aliphatic carbocycles. The Hall–Kier alpha value is -0.250. The van der Waals surface area contributed by atoms with Crippen LogP contribution in [0, 0.1) is 11.8 Å². The van der Waals surface area contributed by atoms with Crippen molar-refractivity contribution in [2.45, 2.75) is 76.6 Å². The van der Waals surface area contributed by atoms with Gasteiger partial charge >= 0.3 is 6.18 Å². The topological polar surface area (TPSA) is 12.0 Å². The van der Waals surface area contributed by atoms with Gasteiger partial charge < -0.3 is 5.32 Å². The SMILES string of the molecule is C[C@H](NC1CCCCC1C(F)(F)F)C1CCCC1. The van der Waals surface area contributed by atoms with Crippen LogP contribution in [0.25, 0.3) is 0 Å². The molecular formula is C14H24F3N. The lowest BCUT2D eigenvalue weighted by Crippen LogP contribution is -2.50. The first-order chi connectivity index (χ1) is 8.48. The van der Waals surface area contributed by atoms with Crippen molar-refractivity contribution in [2.75, 3.05) is 0 Å². The minimum Gasteiger partial charge on any atom is -0.311 e. The summed E-state index contributed by atoms with van der Waals surface area (Å²) in [6, 6.07) is -0.116. The van der Waals surface area contributed by atoms with E-state index in [1.807, 2.05) is 0 Å². The van der Waals surface area contributed by atoms with E-state index in [1.165, 1.54) is 25.7 Å². The van der Waals surface area contributed by atoms with Gasteiger partial charge in [0.2, 0.25) is 0 Å². The van der Waals surface area contributed by atoms with Crippen molar-refractivity contribution in [3.63, 3.8) is 0 Å². The van der Waals surface area contributed by atoms with Crippen molar-refractivity contribution < 1.29 is 13.2 Å². The van der Waals surface area contributed by atoms with Crippen molar-refractivity contribution in [2.24, 2.45) is 11.8 Å². The molecule has 0 aliphatic heterocycles. The summed E-state index contributed by atoms with van der Waals surface area (Å²) in [5, 5.41) is 3.30. The van der Waals surface area contributed by atoms with Crippen LogP contribution >= 0.6 is 0 Å². The molecule has 18 heavy (non-hydrogen) atoms. The molecule has 2 fully saturated rings. The predicted molar refractivity (Wildman–Crippen MR) is 66.4 cm³/mol. The van der Waals surface area contributed by atoms with Crippen LogP contribution in [0.1, 0.15) is 58.3 Å². The summed E-state index contributed by atoms with van der Waals surface area (Å²) in [7, 11) is 0. The van der Waals surface area contributed by atoms with E-state index in [2.05, 4.69) is 12.2 Å². The minimum atomic E-state index is -4.03. The Bertz CT molecular complexity index is 258. The van der Waals surface area contributed by atoms with Crippen LogP contribution in [-0.2, 0) is 0 Å². The Kier molecular flexibility index (Phi) is 4.57. The van der Waals surface area contributed by atoms with Crippen molar-refractivity contribution in [1.82, 2.24) is 5.32 Å². The molecule has 0 spiro atoms. The van der Waals surface area contributed by atoms with E-state index in [4.69, 9.17) is 0 Å². The average molecular weight is 263 g/mol. The van der Waals surface area contributed by atoms with Gasteiger partial charge in [-0.1, -0.05) is 25.7 Å². The van der Waals surface area contributed by atoms with Crippen molar-refractivity contribution in [3.8, 4) is 0 Å². The van der Waals surface area contributed by atoms with Crippen LogP contribution in [0.3, 0.4) is 0 Å². The van der Waals surface area contributed by atoms with Gasteiger partial charge in [0.25, 0.3) is 0 Å². The molecule has 4 heteroatoms. The molecule has 106 valence electrons. The van der Waals surface area contributed by atoms with E-state index in [0.29, 0.717) is 18.8 Å². The van der Waals surface area contributed by atoms with E-state index < -0.39 is 12.1 Å². The number of nitrogens with one attached hydrogen (secondary N) is 1. The second kappa shape index (κ2) is 5.81. The van der Waals surface area contributed by atoms with E-state index in [0.717, 1.165) is 12.8 Å². The Morgan fingerprint density at radius 1 is 0.944 bits per heavy atom. The van der Waals surface area contributed by atoms with Gasteiger partial charge in [-0.05, 0) is 38.5 Å². The van der Waals surface area contributed by atoms with Crippen LogP contribution in [0.15, 0.2) is 0 Å². The second-order valence-electron chi connectivity index (χ2n) is 6.04. The van der Waals surface area contributed by atoms with Crippen LogP contribution in [-0.4, -0.2) is 18.3 Å². The molecular weight excluding hydrogens is 239 g/mol. The summed E-state index contributed by atoms with van der Waals surface area (Å²) < 4.78 is 38.9. The maximum absolute atomic E-state index is 13.0. The first-order valence-corrected chi connectivity index (χ1v) is 7.31. The lowest BCUT2D eigenvalue weighted by Gasteiger charge is -2.36. The number of alkyl halides is 3.